The van der Waals surface area contributed by atoms with Crippen LogP contribution in [-0.2, 0) is 9.59 Å². The predicted molar refractivity (Wildman–Crippen MR) is 150 cm³/mol. The summed E-state index contributed by atoms with van der Waals surface area (Å²) in [6, 6.07) is 19.2. The number of anilines is 1. The first-order valence-corrected chi connectivity index (χ1v) is 13.1. The lowest BCUT2D eigenvalue weighted by Gasteiger charge is -2.27. The van der Waals surface area contributed by atoms with Gasteiger partial charge in [0.1, 0.15) is 17.3 Å². The summed E-state index contributed by atoms with van der Waals surface area (Å²) in [5.74, 6) is 0.173. The number of Topliss-reactive ketones (excluding diaryl/α,β-unsaturated/α-hetero) is 1. The van der Waals surface area contributed by atoms with Crippen molar-refractivity contribution >= 4 is 23.1 Å². The van der Waals surface area contributed by atoms with E-state index in [2.05, 4.69) is 13.8 Å². The van der Waals surface area contributed by atoms with Crippen LogP contribution in [0.1, 0.15) is 55.5 Å². The molecule has 1 fully saturated rings. The Hall–Kier alpha value is -4.06. The average molecular weight is 514 g/mol. The van der Waals surface area contributed by atoms with E-state index in [0.717, 1.165) is 28.9 Å². The minimum Gasteiger partial charge on any atom is -0.507 e. The summed E-state index contributed by atoms with van der Waals surface area (Å²) < 4.78 is 11.6. The molecular formula is C32H35NO5. The Bertz CT molecular complexity index is 1360. The molecule has 0 spiro atoms. The van der Waals surface area contributed by atoms with E-state index >= 15 is 0 Å². The highest BCUT2D eigenvalue weighted by molar-refractivity contribution is 6.51. The average Bonchev–Trinajstić information content (AvgIpc) is 3.16. The summed E-state index contributed by atoms with van der Waals surface area (Å²) in [4.78, 5) is 28.4. The monoisotopic (exact) mass is 513 g/mol. The number of benzene rings is 3. The van der Waals surface area contributed by atoms with Crippen molar-refractivity contribution in [2.75, 3.05) is 18.1 Å². The molecule has 198 valence electrons. The van der Waals surface area contributed by atoms with Gasteiger partial charge in [-0.1, -0.05) is 45.0 Å². The van der Waals surface area contributed by atoms with E-state index in [1.807, 2.05) is 45.0 Å². The molecule has 6 nitrogen and oxygen atoms in total. The molecule has 1 heterocycles. The Morgan fingerprint density at radius 1 is 0.947 bits per heavy atom. The van der Waals surface area contributed by atoms with E-state index in [0.29, 0.717) is 36.1 Å². The van der Waals surface area contributed by atoms with Crippen molar-refractivity contribution in [1.82, 2.24) is 0 Å². The van der Waals surface area contributed by atoms with E-state index < -0.39 is 17.7 Å². The number of carbonyl (C=O) groups is 2. The molecule has 0 radical (unpaired) electrons. The summed E-state index contributed by atoms with van der Waals surface area (Å²) in [7, 11) is 0. The number of nitrogens with zero attached hydrogens (tertiary/aromatic N) is 1. The molecule has 38 heavy (non-hydrogen) atoms. The number of amides is 1. The number of hydrogen-bond donors (Lipinski definition) is 1. The summed E-state index contributed by atoms with van der Waals surface area (Å²) in [5.41, 5.74) is 3.59. The van der Waals surface area contributed by atoms with Gasteiger partial charge >= 0.3 is 0 Å². The number of hydrogen-bond acceptors (Lipinski definition) is 5. The number of rotatable bonds is 9. The highest BCUT2D eigenvalue weighted by Crippen LogP contribution is 2.43. The van der Waals surface area contributed by atoms with Crippen LogP contribution in [0.25, 0.3) is 5.76 Å². The fraction of sp³-hybridized carbons (Fsp3) is 0.312. The van der Waals surface area contributed by atoms with Gasteiger partial charge in [-0.25, -0.2) is 0 Å². The number of ether oxygens (including phenoxy) is 2. The van der Waals surface area contributed by atoms with Crippen molar-refractivity contribution in [2.24, 2.45) is 5.92 Å². The van der Waals surface area contributed by atoms with E-state index in [4.69, 9.17) is 9.47 Å². The zero-order valence-electron chi connectivity index (χ0n) is 22.7. The number of carbonyl (C=O) groups excluding carboxylic acids is 2. The molecule has 0 aliphatic carbocycles. The van der Waals surface area contributed by atoms with Gasteiger partial charge in [0.05, 0.1) is 24.8 Å². The first-order chi connectivity index (χ1) is 18.2. The highest BCUT2D eigenvalue weighted by atomic mass is 16.5. The Balaban J connectivity index is 1.81. The van der Waals surface area contributed by atoms with Crippen molar-refractivity contribution in [2.45, 2.75) is 47.1 Å². The summed E-state index contributed by atoms with van der Waals surface area (Å²) in [6.45, 7) is 11.2. The van der Waals surface area contributed by atoms with Gasteiger partial charge in [0.25, 0.3) is 11.7 Å². The Kier molecular flexibility index (Phi) is 8.20. The van der Waals surface area contributed by atoms with Gasteiger partial charge in [-0.05, 0) is 85.3 Å². The number of aryl methyl sites for hydroxylation is 2. The van der Waals surface area contributed by atoms with Crippen LogP contribution in [0.3, 0.4) is 0 Å². The molecule has 0 aromatic heterocycles. The fourth-order valence-electron chi connectivity index (χ4n) is 4.58. The van der Waals surface area contributed by atoms with Gasteiger partial charge in [0.15, 0.2) is 0 Å². The molecule has 4 rings (SSSR count). The SMILES string of the molecule is CCCOc1ccc(/C(O)=C2\C(=O)C(=O)N(c3ccc(OCC(C)C)cc3)C2c2ccccc2C)cc1C. The molecular weight excluding hydrogens is 478 g/mol. The molecule has 3 aromatic rings. The van der Waals surface area contributed by atoms with E-state index in [1.54, 1.807) is 42.5 Å². The lowest BCUT2D eigenvalue weighted by Crippen LogP contribution is -2.29. The van der Waals surface area contributed by atoms with Crippen LogP contribution in [0.5, 0.6) is 11.5 Å². The van der Waals surface area contributed by atoms with Crippen LogP contribution in [0.15, 0.2) is 72.3 Å². The lowest BCUT2D eigenvalue weighted by atomic mass is 9.92. The molecule has 0 bridgehead atoms. The first-order valence-electron chi connectivity index (χ1n) is 13.1. The zero-order valence-corrected chi connectivity index (χ0v) is 22.7. The van der Waals surface area contributed by atoms with Crippen LogP contribution in [-0.4, -0.2) is 30.0 Å². The first kappa shape index (κ1) is 27.0. The summed E-state index contributed by atoms with van der Waals surface area (Å²) in [5, 5.41) is 11.5. The van der Waals surface area contributed by atoms with Gasteiger partial charge in [-0.3, -0.25) is 14.5 Å². The van der Waals surface area contributed by atoms with Gasteiger partial charge in [-0.2, -0.15) is 0 Å². The molecule has 1 N–H and O–H groups in total. The largest absolute Gasteiger partial charge is 0.507 e. The van der Waals surface area contributed by atoms with Crippen molar-refractivity contribution in [1.29, 1.82) is 0 Å². The van der Waals surface area contributed by atoms with E-state index in [1.165, 1.54) is 4.90 Å². The molecule has 0 saturated carbocycles. The Labute approximate surface area is 224 Å². The third-order valence-corrected chi connectivity index (χ3v) is 6.54. The maximum absolute atomic E-state index is 13.5. The number of ketones is 1. The predicted octanol–water partition coefficient (Wildman–Crippen LogP) is 6.75. The molecule has 1 unspecified atom stereocenters. The van der Waals surface area contributed by atoms with Crippen LogP contribution < -0.4 is 14.4 Å². The molecule has 3 aromatic carbocycles. The summed E-state index contributed by atoms with van der Waals surface area (Å²) in [6.07, 6.45) is 0.881. The Morgan fingerprint density at radius 3 is 2.29 bits per heavy atom. The molecule has 1 saturated heterocycles. The highest BCUT2D eigenvalue weighted by Gasteiger charge is 2.47. The van der Waals surface area contributed by atoms with E-state index in [-0.39, 0.29) is 11.3 Å². The quantitative estimate of drug-likeness (QED) is 0.194. The second kappa shape index (κ2) is 11.5. The van der Waals surface area contributed by atoms with Crippen LogP contribution in [0.2, 0.25) is 0 Å². The maximum Gasteiger partial charge on any atom is 0.300 e. The second-order valence-electron chi connectivity index (χ2n) is 10.1. The fourth-order valence-corrected chi connectivity index (χ4v) is 4.58. The standard InChI is InChI=1S/C32H35NO5/c1-6-17-37-27-16-11-23(18-22(27)5)30(34)28-29(26-10-8-7-9-21(26)4)33(32(36)31(28)35)24-12-14-25(15-13-24)38-19-20(2)3/h7-16,18,20,29,34H,6,17,19H2,1-5H3/b30-28+. The van der Waals surface area contributed by atoms with Crippen LogP contribution >= 0.6 is 0 Å². The van der Waals surface area contributed by atoms with Crippen LogP contribution in [0, 0.1) is 19.8 Å². The Morgan fingerprint density at radius 2 is 1.66 bits per heavy atom. The van der Waals surface area contributed by atoms with Crippen LogP contribution in [0.4, 0.5) is 5.69 Å². The number of aliphatic hydroxyl groups is 1. The lowest BCUT2D eigenvalue weighted by molar-refractivity contribution is -0.132. The minimum absolute atomic E-state index is 0.0612. The maximum atomic E-state index is 13.5. The zero-order chi connectivity index (χ0) is 27.4. The van der Waals surface area contributed by atoms with E-state index in [9.17, 15) is 14.7 Å². The van der Waals surface area contributed by atoms with Gasteiger partial charge in [0, 0.05) is 11.3 Å². The van der Waals surface area contributed by atoms with Gasteiger partial charge in [0.2, 0.25) is 0 Å². The van der Waals surface area contributed by atoms with Gasteiger partial charge in [-0.15, -0.1) is 0 Å². The molecule has 1 atom stereocenters. The molecule has 1 aliphatic rings. The number of aliphatic hydroxyl groups excluding tert-OH is 1. The van der Waals surface area contributed by atoms with Crippen molar-refractivity contribution < 1.29 is 24.2 Å². The minimum atomic E-state index is -0.782. The topological polar surface area (TPSA) is 76.1 Å². The molecule has 6 heteroatoms. The van der Waals surface area contributed by atoms with Crippen molar-refractivity contribution in [3.8, 4) is 11.5 Å². The third kappa shape index (κ3) is 5.44. The van der Waals surface area contributed by atoms with Crippen molar-refractivity contribution in [3.05, 3.63) is 94.6 Å². The molecule has 1 amide bonds. The normalized spacial score (nSPS) is 16.8. The smallest absolute Gasteiger partial charge is 0.300 e. The van der Waals surface area contributed by atoms with Crippen molar-refractivity contribution in [3.63, 3.8) is 0 Å². The second-order valence-corrected chi connectivity index (χ2v) is 10.1. The summed E-state index contributed by atoms with van der Waals surface area (Å²) >= 11 is 0. The van der Waals surface area contributed by atoms with Gasteiger partial charge < -0.3 is 14.6 Å². The third-order valence-electron chi connectivity index (χ3n) is 6.54. The molecule has 1 aliphatic heterocycles.